The molecular formula is C9H11ClN6. The molecule has 0 bridgehead atoms. The number of anilines is 2. The second kappa shape index (κ2) is 4.80. The summed E-state index contributed by atoms with van der Waals surface area (Å²) in [7, 11) is 0. The van der Waals surface area contributed by atoms with E-state index in [-0.39, 0.29) is 0 Å². The summed E-state index contributed by atoms with van der Waals surface area (Å²) in [5.41, 5.74) is 6.27. The van der Waals surface area contributed by atoms with E-state index in [1.807, 2.05) is 0 Å². The Bertz CT molecular complexity index is 455. The fourth-order valence-corrected chi connectivity index (χ4v) is 1.41. The molecule has 0 spiro atoms. The molecular weight excluding hydrogens is 228 g/mol. The zero-order chi connectivity index (χ0) is 11.4. The maximum absolute atomic E-state index is 5.74. The summed E-state index contributed by atoms with van der Waals surface area (Å²) in [5.74, 6) is 0.629. The third-order valence-corrected chi connectivity index (χ3v) is 2.20. The van der Waals surface area contributed by atoms with E-state index in [9.17, 15) is 0 Å². The third-order valence-electron chi connectivity index (χ3n) is 1.99. The van der Waals surface area contributed by atoms with Gasteiger partial charge in [0.25, 0.3) is 0 Å². The molecule has 0 unspecified atom stereocenters. The van der Waals surface area contributed by atoms with E-state index in [0.717, 1.165) is 0 Å². The lowest BCUT2D eigenvalue weighted by Gasteiger charge is -2.07. The van der Waals surface area contributed by atoms with E-state index in [2.05, 4.69) is 20.6 Å². The molecule has 2 rings (SSSR count). The molecule has 3 N–H and O–H groups in total. The number of hydrogen-bond donors (Lipinski definition) is 2. The molecule has 0 saturated carbocycles. The first-order chi connectivity index (χ1) is 7.75. The number of pyridine rings is 1. The standard InChI is InChI=1S/C9H11ClN6/c10-7-5-8(11)9(13-6-7)12-1-3-16-4-2-14-15-16/h2,4-6H,1,3,11H2,(H,12,13). The second-order valence-electron chi connectivity index (χ2n) is 3.18. The van der Waals surface area contributed by atoms with Crippen molar-refractivity contribution in [3.63, 3.8) is 0 Å². The molecule has 0 aliphatic heterocycles. The molecule has 2 aromatic heterocycles. The van der Waals surface area contributed by atoms with Gasteiger partial charge in [-0.3, -0.25) is 4.68 Å². The number of aromatic nitrogens is 4. The highest BCUT2D eigenvalue weighted by molar-refractivity contribution is 6.30. The highest BCUT2D eigenvalue weighted by atomic mass is 35.5. The monoisotopic (exact) mass is 238 g/mol. The summed E-state index contributed by atoms with van der Waals surface area (Å²) < 4.78 is 1.72. The molecule has 16 heavy (non-hydrogen) atoms. The minimum Gasteiger partial charge on any atom is -0.396 e. The third kappa shape index (κ3) is 2.60. The molecule has 7 heteroatoms. The van der Waals surface area contributed by atoms with Gasteiger partial charge in [0.05, 0.1) is 23.5 Å². The fraction of sp³-hybridized carbons (Fsp3) is 0.222. The van der Waals surface area contributed by atoms with Crippen molar-refractivity contribution in [1.29, 1.82) is 0 Å². The SMILES string of the molecule is Nc1cc(Cl)cnc1NCCn1ccnn1. The van der Waals surface area contributed by atoms with E-state index in [1.54, 1.807) is 29.3 Å². The largest absolute Gasteiger partial charge is 0.396 e. The predicted molar refractivity (Wildman–Crippen MR) is 62.2 cm³/mol. The van der Waals surface area contributed by atoms with Crippen molar-refractivity contribution < 1.29 is 0 Å². The normalized spacial score (nSPS) is 10.3. The van der Waals surface area contributed by atoms with Crippen molar-refractivity contribution in [2.24, 2.45) is 0 Å². The van der Waals surface area contributed by atoms with Gasteiger partial charge in [-0.05, 0) is 6.07 Å². The Morgan fingerprint density at radius 1 is 1.50 bits per heavy atom. The molecule has 0 fully saturated rings. The Morgan fingerprint density at radius 3 is 3.06 bits per heavy atom. The van der Waals surface area contributed by atoms with Crippen LogP contribution in [0.25, 0.3) is 0 Å². The van der Waals surface area contributed by atoms with Crippen LogP contribution in [0.1, 0.15) is 0 Å². The predicted octanol–water partition coefficient (Wildman–Crippen LogP) is 1.02. The first-order valence-electron chi connectivity index (χ1n) is 4.75. The van der Waals surface area contributed by atoms with E-state index in [4.69, 9.17) is 17.3 Å². The number of nitrogens with zero attached hydrogens (tertiary/aromatic N) is 4. The van der Waals surface area contributed by atoms with Gasteiger partial charge in [-0.25, -0.2) is 4.98 Å². The minimum atomic E-state index is 0.527. The molecule has 6 nitrogen and oxygen atoms in total. The lowest BCUT2D eigenvalue weighted by atomic mass is 10.4. The van der Waals surface area contributed by atoms with Gasteiger partial charge >= 0.3 is 0 Å². The topological polar surface area (TPSA) is 81.6 Å². The summed E-state index contributed by atoms with van der Waals surface area (Å²) in [6.07, 6.45) is 4.98. The molecule has 0 amide bonds. The summed E-state index contributed by atoms with van der Waals surface area (Å²) in [5, 5.41) is 11.2. The lowest BCUT2D eigenvalue weighted by Crippen LogP contribution is -2.13. The van der Waals surface area contributed by atoms with Crippen molar-refractivity contribution in [3.05, 3.63) is 29.7 Å². The summed E-state index contributed by atoms with van der Waals surface area (Å²) in [6.45, 7) is 1.37. The maximum atomic E-state index is 5.74. The molecule has 2 heterocycles. The van der Waals surface area contributed by atoms with Crippen LogP contribution in [-0.4, -0.2) is 26.5 Å². The van der Waals surface area contributed by atoms with Crippen LogP contribution in [0.4, 0.5) is 11.5 Å². The summed E-state index contributed by atoms with van der Waals surface area (Å²) in [6, 6.07) is 1.66. The molecule has 0 radical (unpaired) electrons. The minimum absolute atomic E-state index is 0.527. The Hall–Kier alpha value is -1.82. The number of nitrogens with two attached hydrogens (primary N) is 1. The zero-order valence-electron chi connectivity index (χ0n) is 8.47. The van der Waals surface area contributed by atoms with Crippen molar-refractivity contribution in [2.45, 2.75) is 6.54 Å². The number of rotatable bonds is 4. The lowest BCUT2D eigenvalue weighted by molar-refractivity contribution is 0.608. The van der Waals surface area contributed by atoms with Gasteiger partial charge in [0.1, 0.15) is 5.82 Å². The van der Waals surface area contributed by atoms with Crippen LogP contribution >= 0.6 is 11.6 Å². The van der Waals surface area contributed by atoms with E-state index >= 15 is 0 Å². The molecule has 2 aromatic rings. The first kappa shape index (κ1) is 10.7. The van der Waals surface area contributed by atoms with Gasteiger partial charge in [-0.15, -0.1) is 5.10 Å². The van der Waals surface area contributed by atoms with Gasteiger partial charge in [0.2, 0.25) is 0 Å². The average molecular weight is 239 g/mol. The van der Waals surface area contributed by atoms with Crippen LogP contribution in [0.15, 0.2) is 24.7 Å². The van der Waals surface area contributed by atoms with Crippen molar-refractivity contribution in [1.82, 2.24) is 20.0 Å². The molecule has 84 valence electrons. The van der Waals surface area contributed by atoms with Crippen LogP contribution in [0, 0.1) is 0 Å². The highest BCUT2D eigenvalue weighted by Crippen LogP contribution is 2.18. The number of nitrogens with one attached hydrogen (secondary N) is 1. The van der Waals surface area contributed by atoms with Crippen LogP contribution in [0.2, 0.25) is 5.02 Å². The molecule has 0 saturated heterocycles. The Balaban J connectivity index is 1.90. The first-order valence-corrected chi connectivity index (χ1v) is 5.12. The van der Waals surface area contributed by atoms with Crippen LogP contribution in [-0.2, 0) is 6.54 Å². The molecule has 0 aliphatic carbocycles. The Labute approximate surface area is 97.4 Å². The molecule has 0 aromatic carbocycles. The molecule has 0 aliphatic rings. The number of nitrogen functional groups attached to an aromatic ring is 1. The van der Waals surface area contributed by atoms with Gasteiger partial charge in [0, 0.05) is 18.9 Å². The number of halogens is 1. The quantitative estimate of drug-likeness (QED) is 0.831. The summed E-state index contributed by atoms with van der Waals surface area (Å²) >= 11 is 5.74. The smallest absolute Gasteiger partial charge is 0.149 e. The Kier molecular flexibility index (Phi) is 3.21. The fourth-order valence-electron chi connectivity index (χ4n) is 1.24. The molecule has 0 atom stereocenters. The van der Waals surface area contributed by atoms with Crippen molar-refractivity contribution in [3.8, 4) is 0 Å². The summed E-state index contributed by atoms with van der Waals surface area (Å²) in [4.78, 5) is 4.08. The highest BCUT2D eigenvalue weighted by Gasteiger charge is 2.00. The second-order valence-corrected chi connectivity index (χ2v) is 3.62. The number of hydrogen-bond acceptors (Lipinski definition) is 5. The van der Waals surface area contributed by atoms with Crippen molar-refractivity contribution in [2.75, 3.05) is 17.6 Å². The average Bonchev–Trinajstić information content (AvgIpc) is 2.74. The van der Waals surface area contributed by atoms with Gasteiger partial charge in [0.15, 0.2) is 0 Å². The van der Waals surface area contributed by atoms with E-state index < -0.39 is 0 Å². The zero-order valence-corrected chi connectivity index (χ0v) is 9.22. The van der Waals surface area contributed by atoms with Crippen LogP contribution < -0.4 is 11.1 Å². The van der Waals surface area contributed by atoms with Crippen LogP contribution in [0.3, 0.4) is 0 Å². The van der Waals surface area contributed by atoms with E-state index in [1.165, 1.54) is 0 Å². The van der Waals surface area contributed by atoms with E-state index in [0.29, 0.717) is 29.6 Å². The van der Waals surface area contributed by atoms with Crippen molar-refractivity contribution >= 4 is 23.1 Å². The Morgan fingerprint density at radius 2 is 2.38 bits per heavy atom. The van der Waals surface area contributed by atoms with Crippen LogP contribution in [0.5, 0.6) is 0 Å². The maximum Gasteiger partial charge on any atom is 0.149 e. The van der Waals surface area contributed by atoms with Gasteiger partial charge in [-0.2, -0.15) is 0 Å². The van der Waals surface area contributed by atoms with Gasteiger partial charge < -0.3 is 11.1 Å². The van der Waals surface area contributed by atoms with Gasteiger partial charge in [-0.1, -0.05) is 16.8 Å².